The van der Waals surface area contributed by atoms with Gasteiger partial charge in [-0.3, -0.25) is 10.1 Å². The number of amides is 1. The van der Waals surface area contributed by atoms with Crippen LogP contribution < -0.4 is 10.9 Å². The van der Waals surface area contributed by atoms with E-state index < -0.39 is 23.0 Å². The number of anilines is 1. The molecule has 0 atom stereocenters. The van der Waals surface area contributed by atoms with Crippen molar-refractivity contribution in [2.24, 2.45) is 0 Å². The fraction of sp³-hybridized carbons (Fsp3) is 0.385. The summed E-state index contributed by atoms with van der Waals surface area (Å²) in [6.07, 6.45) is -0.687. The highest BCUT2D eigenvalue weighted by Crippen LogP contribution is 2.21. The van der Waals surface area contributed by atoms with Gasteiger partial charge < -0.3 is 14.8 Å². The van der Waals surface area contributed by atoms with Crippen LogP contribution >= 0.6 is 0 Å². The second kappa shape index (κ2) is 5.04. The Morgan fingerprint density at radius 2 is 2.05 bits per heavy atom. The molecule has 3 N–H and O–H groups in total. The average molecular weight is 292 g/mol. The van der Waals surface area contributed by atoms with E-state index in [1.807, 2.05) is 0 Å². The van der Waals surface area contributed by atoms with E-state index in [1.54, 1.807) is 27.7 Å². The van der Waals surface area contributed by atoms with E-state index in [1.165, 1.54) is 6.07 Å². The molecule has 0 saturated heterocycles. The first-order valence-electron chi connectivity index (χ1n) is 6.26. The lowest BCUT2D eigenvalue weighted by Crippen LogP contribution is -2.27. The number of aromatic hydroxyl groups is 1. The summed E-state index contributed by atoms with van der Waals surface area (Å²) in [4.78, 5) is 33.7. The Balaban J connectivity index is 2.46. The smallest absolute Gasteiger partial charge is 0.413 e. The van der Waals surface area contributed by atoms with Crippen LogP contribution in [0.2, 0.25) is 0 Å². The molecule has 0 fully saturated rings. The Morgan fingerprint density at radius 3 is 2.67 bits per heavy atom. The molecule has 0 radical (unpaired) electrons. The molecule has 0 aliphatic heterocycles. The van der Waals surface area contributed by atoms with Gasteiger partial charge in [-0.25, -0.2) is 14.8 Å². The lowest BCUT2D eigenvalue weighted by atomic mass is 10.2. The van der Waals surface area contributed by atoms with Crippen molar-refractivity contribution in [3.63, 3.8) is 0 Å². The molecule has 0 aliphatic carbocycles. The third kappa shape index (κ3) is 3.47. The number of H-pyrrole nitrogens is 1. The molecule has 2 aromatic rings. The minimum Gasteiger partial charge on any atom is -0.503 e. The van der Waals surface area contributed by atoms with Crippen LogP contribution in [-0.2, 0) is 4.74 Å². The average Bonchev–Trinajstić information content (AvgIpc) is 2.29. The van der Waals surface area contributed by atoms with E-state index in [2.05, 4.69) is 20.3 Å². The van der Waals surface area contributed by atoms with Crippen LogP contribution in [0.4, 0.5) is 10.6 Å². The Kier molecular flexibility index (Phi) is 3.54. The van der Waals surface area contributed by atoms with Crippen molar-refractivity contribution in [3.05, 3.63) is 22.2 Å². The van der Waals surface area contributed by atoms with Crippen molar-refractivity contribution in [2.45, 2.75) is 33.3 Å². The van der Waals surface area contributed by atoms with Gasteiger partial charge in [-0.2, -0.15) is 0 Å². The number of carbonyl (C=O) groups is 1. The molecule has 0 aromatic carbocycles. The Labute approximate surface area is 120 Å². The first-order valence-corrected chi connectivity index (χ1v) is 6.26. The molecule has 1 amide bonds. The molecular weight excluding hydrogens is 276 g/mol. The van der Waals surface area contributed by atoms with Crippen molar-refractivity contribution in [1.82, 2.24) is 15.0 Å². The summed E-state index contributed by atoms with van der Waals surface area (Å²) in [5.74, 6) is 0.0235. The summed E-state index contributed by atoms with van der Waals surface area (Å²) in [5, 5.41) is 12.3. The minimum atomic E-state index is -0.687. The van der Waals surface area contributed by atoms with E-state index in [4.69, 9.17) is 4.74 Å². The third-order valence-electron chi connectivity index (χ3n) is 2.42. The van der Waals surface area contributed by atoms with Gasteiger partial charge in [0.05, 0.1) is 5.39 Å². The number of nitrogens with one attached hydrogen (secondary N) is 2. The van der Waals surface area contributed by atoms with Gasteiger partial charge in [0.1, 0.15) is 22.9 Å². The summed E-state index contributed by atoms with van der Waals surface area (Å²) in [7, 11) is 0. The molecule has 2 heterocycles. The van der Waals surface area contributed by atoms with Crippen LogP contribution in [0.1, 0.15) is 26.6 Å². The molecule has 112 valence electrons. The SMILES string of the molecule is Cc1nc(NC(=O)OC(C)(C)C)c2cc(O)c(=O)[nH]c2n1. The van der Waals surface area contributed by atoms with Gasteiger partial charge in [0.15, 0.2) is 5.75 Å². The van der Waals surface area contributed by atoms with E-state index >= 15 is 0 Å². The second-order valence-electron chi connectivity index (χ2n) is 5.49. The maximum atomic E-state index is 11.8. The van der Waals surface area contributed by atoms with Gasteiger partial charge in [-0.15, -0.1) is 0 Å². The zero-order chi connectivity index (χ0) is 15.8. The van der Waals surface area contributed by atoms with Crippen molar-refractivity contribution in [1.29, 1.82) is 0 Å². The van der Waals surface area contributed by atoms with Crippen molar-refractivity contribution < 1.29 is 14.6 Å². The lowest BCUT2D eigenvalue weighted by molar-refractivity contribution is 0.0635. The monoisotopic (exact) mass is 292 g/mol. The van der Waals surface area contributed by atoms with Gasteiger partial charge in [0.25, 0.3) is 5.56 Å². The second-order valence-corrected chi connectivity index (χ2v) is 5.49. The number of aromatic nitrogens is 3. The molecule has 2 aromatic heterocycles. The van der Waals surface area contributed by atoms with Gasteiger partial charge in [-0.05, 0) is 27.7 Å². The summed E-state index contributed by atoms with van der Waals surface area (Å²) >= 11 is 0. The van der Waals surface area contributed by atoms with Gasteiger partial charge in [0, 0.05) is 6.07 Å². The summed E-state index contributed by atoms with van der Waals surface area (Å²) in [6, 6.07) is 1.19. The Bertz CT molecular complexity index is 761. The molecule has 0 spiro atoms. The molecule has 0 saturated carbocycles. The molecule has 0 unspecified atom stereocenters. The molecule has 8 nitrogen and oxygen atoms in total. The largest absolute Gasteiger partial charge is 0.503 e. The maximum absolute atomic E-state index is 11.8. The van der Waals surface area contributed by atoms with E-state index in [0.717, 1.165) is 0 Å². The standard InChI is InChI=1S/C13H16N4O4/c1-6-14-9-7(5-8(18)11(19)16-9)10(15-6)17-12(20)21-13(2,3)4/h5,18H,1-4H3,(H2,14,15,16,17,19,20). The topological polar surface area (TPSA) is 117 Å². The van der Waals surface area contributed by atoms with E-state index in [9.17, 15) is 14.7 Å². The number of nitrogens with zero attached hydrogens (tertiary/aromatic N) is 2. The van der Waals surface area contributed by atoms with Gasteiger partial charge >= 0.3 is 6.09 Å². The Hall–Kier alpha value is -2.64. The highest BCUT2D eigenvalue weighted by molar-refractivity contribution is 5.95. The van der Waals surface area contributed by atoms with Gasteiger partial charge in [0.2, 0.25) is 0 Å². The van der Waals surface area contributed by atoms with Crippen molar-refractivity contribution in [3.8, 4) is 5.75 Å². The normalized spacial score (nSPS) is 11.4. The zero-order valence-corrected chi connectivity index (χ0v) is 12.1. The molecular formula is C13H16N4O4. The van der Waals surface area contributed by atoms with Crippen molar-refractivity contribution >= 4 is 22.9 Å². The molecule has 8 heteroatoms. The molecule has 21 heavy (non-hydrogen) atoms. The highest BCUT2D eigenvalue weighted by Gasteiger charge is 2.18. The molecule has 0 bridgehead atoms. The number of fused-ring (bicyclic) bond motifs is 1. The predicted octanol–water partition coefficient (Wildman–Crippen LogP) is 1.68. The fourth-order valence-corrected chi connectivity index (χ4v) is 1.68. The van der Waals surface area contributed by atoms with Crippen LogP contribution in [0.3, 0.4) is 0 Å². The number of pyridine rings is 1. The van der Waals surface area contributed by atoms with E-state index in [-0.39, 0.29) is 11.5 Å². The third-order valence-corrected chi connectivity index (χ3v) is 2.42. The Morgan fingerprint density at radius 1 is 1.38 bits per heavy atom. The summed E-state index contributed by atoms with van der Waals surface area (Å²) < 4.78 is 5.14. The fourth-order valence-electron chi connectivity index (χ4n) is 1.68. The number of aryl methyl sites for hydroxylation is 1. The predicted molar refractivity (Wildman–Crippen MR) is 76.4 cm³/mol. The molecule has 0 aliphatic rings. The first kappa shape index (κ1) is 14.8. The lowest BCUT2D eigenvalue weighted by Gasteiger charge is -2.19. The number of hydrogen-bond acceptors (Lipinski definition) is 6. The maximum Gasteiger partial charge on any atom is 0.413 e. The van der Waals surface area contributed by atoms with E-state index in [0.29, 0.717) is 11.2 Å². The van der Waals surface area contributed by atoms with Crippen LogP contribution in [-0.4, -0.2) is 31.8 Å². The number of rotatable bonds is 1. The quantitative estimate of drug-likeness (QED) is 0.736. The van der Waals surface area contributed by atoms with Crippen molar-refractivity contribution in [2.75, 3.05) is 5.32 Å². The van der Waals surface area contributed by atoms with Gasteiger partial charge in [-0.1, -0.05) is 0 Å². The molecule has 2 rings (SSSR count). The number of carbonyl (C=O) groups excluding carboxylic acids is 1. The summed E-state index contributed by atoms with van der Waals surface area (Å²) in [5.41, 5.74) is -1.10. The zero-order valence-electron chi connectivity index (χ0n) is 12.1. The highest BCUT2D eigenvalue weighted by atomic mass is 16.6. The van der Waals surface area contributed by atoms with Crippen LogP contribution in [0.5, 0.6) is 5.75 Å². The van der Waals surface area contributed by atoms with Crippen LogP contribution in [0.25, 0.3) is 11.0 Å². The minimum absolute atomic E-state index is 0.151. The van der Waals surface area contributed by atoms with Crippen LogP contribution in [0, 0.1) is 6.92 Å². The van der Waals surface area contributed by atoms with Crippen LogP contribution in [0.15, 0.2) is 10.9 Å². The number of ether oxygens (including phenoxy) is 1. The summed E-state index contributed by atoms with van der Waals surface area (Å²) in [6.45, 7) is 6.82. The number of hydrogen-bond donors (Lipinski definition) is 3. The number of aromatic amines is 1. The first-order chi connectivity index (χ1) is 9.65.